The molecule has 2 aliphatic rings. The zero-order chi connectivity index (χ0) is 26.3. The van der Waals surface area contributed by atoms with Gasteiger partial charge < -0.3 is 14.4 Å². The molecular formula is C29H36F2N4O2. The number of likely N-dealkylation sites (tertiary alicyclic amines) is 2. The van der Waals surface area contributed by atoms with E-state index < -0.39 is 17.4 Å². The first-order valence-corrected chi connectivity index (χ1v) is 13.2. The Labute approximate surface area is 216 Å². The second-order valence-electron chi connectivity index (χ2n) is 11.8. The lowest BCUT2D eigenvalue weighted by Crippen LogP contribution is -2.48. The predicted octanol–water partition coefficient (Wildman–Crippen LogP) is 5.01. The van der Waals surface area contributed by atoms with Crippen LogP contribution in [0.15, 0.2) is 48.8 Å². The number of rotatable bonds is 6. The van der Waals surface area contributed by atoms with Crippen LogP contribution in [0.4, 0.5) is 8.78 Å². The molecule has 2 aromatic heterocycles. The molecule has 0 amide bonds. The lowest BCUT2D eigenvalue weighted by Gasteiger charge is -2.36. The van der Waals surface area contributed by atoms with E-state index in [9.17, 15) is 18.7 Å². The van der Waals surface area contributed by atoms with Crippen LogP contribution in [0.3, 0.4) is 0 Å². The van der Waals surface area contributed by atoms with E-state index >= 15 is 0 Å². The first-order chi connectivity index (χ1) is 17.6. The van der Waals surface area contributed by atoms with Crippen molar-refractivity contribution in [2.75, 3.05) is 32.7 Å². The van der Waals surface area contributed by atoms with Gasteiger partial charge in [0.25, 0.3) is 0 Å². The van der Waals surface area contributed by atoms with Gasteiger partial charge in [-0.25, -0.2) is 13.8 Å². The van der Waals surface area contributed by atoms with Gasteiger partial charge in [0, 0.05) is 49.6 Å². The molecule has 37 heavy (non-hydrogen) atoms. The lowest BCUT2D eigenvalue weighted by atomic mass is 9.85. The maximum Gasteiger partial charge on any atom is 0.321 e. The van der Waals surface area contributed by atoms with Crippen LogP contribution in [0.2, 0.25) is 0 Å². The van der Waals surface area contributed by atoms with Gasteiger partial charge in [-0.3, -0.25) is 9.69 Å². The van der Waals surface area contributed by atoms with Crippen molar-refractivity contribution in [3.8, 4) is 0 Å². The predicted molar refractivity (Wildman–Crippen MR) is 139 cm³/mol. The molecule has 2 aliphatic heterocycles. The summed E-state index contributed by atoms with van der Waals surface area (Å²) in [5.74, 6) is -0.758. The van der Waals surface area contributed by atoms with E-state index in [2.05, 4.69) is 14.8 Å². The number of aromatic nitrogens is 2. The molecule has 2 fully saturated rings. The number of hydrogen-bond acceptors (Lipinski definition) is 4. The van der Waals surface area contributed by atoms with Crippen molar-refractivity contribution >= 4 is 11.6 Å². The number of halogens is 2. The number of piperidine rings is 1. The number of nitrogens with zero attached hydrogens (tertiary/aromatic N) is 4. The number of aliphatic carboxylic acids is 1. The molecule has 5 rings (SSSR count). The molecule has 8 heteroatoms. The van der Waals surface area contributed by atoms with Crippen LogP contribution in [0.25, 0.3) is 5.65 Å². The molecule has 0 unspecified atom stereocenters. The Morgan fingerprint density at radius 2 is 1.86 bits per heavy atom. The van der Waals surface area contributed by atoms with Gasteiger partial charge in [-0.05, 0) is 67.1 Å². The Bertz CT molecular complexity index is 1260. The minimum Gasteiger partial charge on any atom is -0.480 e. The number of carboxylic acids is 1. The van der Waals surface area contributed by atoms with Crippen molar-refractivity contribution in [3.63, 3.8) is 0 Å². The van der Waals surface area contributed by atoms with Crippen LogP contribution in [0, 0.1) is 23.0 Å². The molecule has 0 aliphatic carbocycles. The average Bonchev–Trinajstić information content (AvgIpc) is 3.42. The fourth-order valence-corrected chi connectivity index (χ4v) is 6.51. The van der Waals surface area contributed by atoms with Crippen molar-refractivity contribution in [2.24, 2.45) is 11.3 Å². The molecule has 1 N–H and O–H groups in total. The largest absolute Gasteiger partial charge is 0.480 e. The van der Waals surface area contributed by atoms with Crippen LogP contribution in [-0.4, -0.2) is 69.0 Å². The Morgan fingerprint density at radius 3 is 2.54 bits per heavy atom. The summed E-state index contributed by atoms with van der Waals surface area (Å²) >= 11 is 0. The minimum absolute atomic E-state index is 0.0689. The molecule has 0 bridgehead atoms. The molecule has 0 saturated carbocycles. The highest BCUT2D eigenvalue weighted by Gasteiger charge is 2.44. The Morgan fingerprint density at radius 1 is 1.11 bits per heavy atom. The minimum atomic E-state index is -0.809. The monoisotopic (exact) mass is 510 g/mol. The molecule has 6 nitrogen and oxygen atoms in total. The highest BCUT2D eigenvalue weighted by atomic mass is 19.1. The van der Waals surface area contributed by atoms with Crippen LogP contribution >= 0.6 is 0 Å². The number of carbonyl (C=O) groups is 1. The summed E-state index contributed by atoms with van der Waals surface area (Å²) in [5, 5.41) is 10.0. The molecule has 0 radical (unpaired) electrons. The zero-order valence-corrected chi connectivity index (χ0v) is 21.8. The van der Waals surface area contributed by atoms with Crippen molar-refractivity contribution in [1.82, 2.24) is 19.2 Å². The highest BCUT2D eigenvalue weighted by molar-refractivity contribution is 5.74. The molecule has 0 spiro atoms. The van der Waals surface area contributed by atoms with Crippen molar-refractivity contribution < 1.29 is 18.7 Å². The first kappa shape index (κ1) is 25.8. The number of pyridine rings is 1. The number of imidazole rings is 1. The van der Waals surface area contributed by atoms with Gasteiger partial charge in [0.05, 0.1) is 0 Å². The van der Waals surface area contributed by atoms with Crippen LogP contribution < -0.4 is 0 Å². The summed E-state index contributed by atoms with van der Waals surface area (Å²) < 4.78 is 29.9. The van der Waals surface area contributed by atoms with E-state index in [1.807, 2.05) is 37.4 Å². The smallest absolute Gasteiger partial charge is 0.321 e. The second kappa shape index (κ2) is 10.1. The summed E-state index contributed by atoms with van der Waals surface area (Å²) in [4.78, 5) is 21.2. The SMILES string of the molecule is CC(C)(C)[C@H](C(=O)O)N1C[C@H](CN2CCC(c3cnc4ccc(F)cn34)CC2)[C@@H](c2cccc(F)c2)C1. The third kappa shape index (κ3) is 5.41. The fraction of sp³-hybridized carbons (Fsp3) is 0.517. The molecule has 3 atom stereocenters. The van der Waals surface area contributed by atoms with E-state index in [0.717, 1.165) is 49.4 Å². The summed E-state index contributed by atoms with van der Waals surface area (Å²) in [5.41, 5.74) is 2.33. The molecule has 1 aromatic carbocycles. The van der Waals surface area contributed by atoms with Gasteiger partial charge in [-0.2, -0.15) is 0 Å². The van der Waals surface area contributed by atoms with Crippen LogP contribution in [-0.2, 0) is 4.79 Å². The van der Waals surface area contributed by atoms with Gasteiger partial charge >= 0.3 is 5.97 Å². The molecule has 3 aromatic rings. The zero-order valence-electron chi connectivity index (χ0n) is 21.8. The Hall–Kier alpha value is -2.84. The third-order valence-corrected chi connectivity index (χ3v) is 8.16. The molecule has 4 heterocycles. The van der Waals surface area contributed by atoms with E-state index in [4.69, 9.17) is 0 Å². The maximum absolute atomic E-state index is 14.1. The quantitative estimate of drug-likeness (QED) is 0.505. The number of hydrogen-bond donors (Lipinski definition) is 1. The average molecular weight is 511 g/mol. The standard InChI is InChI=1S/C29H36F2N4O2/c1-29(2,3)27(28(36)37)34-16-21(24(18-34)20-5-4-6-22(30)13-20)15-33-11-9-19(10-12-33)25-14-32-26-8-7-23(31)17-35(25)26/h4-8,13-14,17,19,21,24,27H,9-12,15-16,18H2,1-3H3,(H,36,37)/t21-,24+,27-/m0/s1. The topological polar surface area (TPSA) is 61.1 Å². The highest BCUT2D eigenvalue weighted by Crippen LogP contribution is 2.39. The van der Waals surface area contributed by atoms with Gasteiger partial charge in [0.1, 0.15) is 23.3 Å². The van der Waals surface area contributed by atoms with E-state index in [1.165, 1.54) is 18.3 Å². The molecule has 198 valence electrons. The van der Waals surface area contributed by atoms with Crippen molar-refractivity contribution in [2.45, 2.75) is 51.5 Å². The number of benzene rings is 1. The molecule has 2 saturated heterocycles. The van der Waals surface area contributed by atoms with E-state index in [-0.39, 0.29) is 23.5 Å². The van der Waals surface area contributed by atoms with Gasteiger partial charge in [0.15, 0.2) is 0 Å². The first-order valence-electron chi connectivity index (χ1n) is 13.2. The normalized spacial score (nSPS) is 23.1. The summed E-state index contributed by atoms with van der Waals surface area (Å²) in [6.45, 7) is 9.81. The van der Waals surface area contributed by atoms with Gasteiger partial charge in [-0.15, -0.1) is 0 Å². The fourth-order valence-electron chi connectivity index (χ4n) is 6.51. The van der Waals surface area contributed by atoms with Gasteiger partial charge in [-0.1, -0.05) is 32.9 Å². The van der Waals surface area contributed by atoms with Crippen molar-refractivity contribution in [3.05, 3.63) is 71.7 Å². The number of fused-ring (bicyclic) bond motifs is 1. The summed E-state index contributed by atoms with van der Waals surface area (Å²) in [7, 11) is 0. The lowest BCUT2D eigenvalue weighted by molar-refractivity contribution is -0.147. The van der Waals surface area contributed by atoms with Crippen molar-refractivity contribution in [1.29, 1.82) is 0 Å². The second-order valence-corrected chi connectivity index (χ2v) is 11.8. The van der Waals surface area contributed by atoms with Crippen LogP contribution in [0.1, 0.15) is 56.7 Å². The Balaban J connectivity index is 1.31. The van der Waals surface area contributed by atoms with E-state index in [1.54, 1.807) is 18.2 Å². The van der Waals surface area contributed by atoms with Crippen LogP contribution in [0.5, 0.6) is 0 Å². The molecular weight excluding hydrogens is 474 g/mol. The number of carboxylic acid groups (broad SMARTS) is 1. The Kier molecular flexibility index (Phi) is 7.07. The maximum atomic E-state index is 14.1. The summed E-state index contributed by atoms with van der Waals surface area (Å²) in [6.07, 6.45) is 5.27. The third-order valence-electron chi connectivity index (χ3n) is 8.16. The van der Waals surface area contributed by atoms with E-state index in [0.29, 0.717) is 19.0 Å². The van der Waals surface area contributed by atoms with Gasteiger partial charge in [0.2, 0.25) is 0 Å². The summed E-state index contributed by atoms with van der Waals surface area (Å²) in [6, 6.07) is 9.30.